The molecule has 0 radical (unpaired) electrons. The molecule has 1 amide bonds. The summed E-state index contributed by atoms with van der Waals surface area (Å²) in [7, 11) is 0. The number of carbonyl (C=O) groups is 2. The number of fused-ring (bicyclic) bond motifs is 1. The SMILES string of the molecule is CC(C)(C)OC(=O)N[C@H](CCc1ccc2ccccc2c1)C(=O)O. The second-order valence-electron chi connectivity index (χ2n) is 6.76. The van der Waals surface area contributed by atoms with Gasteiger partial charge in [0.05, 0.1) is 0 Å². The van der Waals surface area contributed by atoms with Gasteiger partial charge in [0.15, 0.2) is 0 Å². The van der Waals surface area contributed by atoms with Crippen LogP contribution in [-0.2, 0) is 16.0 Å². The van der Waals surface area contributed by atoms with E-state index in [1.54, 1.807) is 20.8 Å². The van der Waals surface area contributed by atoms with Gasteiger partial charge in [0, 0.05) is 0 Å². The van der Waals surface area contributed by atoms with E-state index in [0.29, 0.717) is 12.8 Å². The van der Waals surface area contributed by atoms with Gasteiger partial charge in [0.2, 0.25) is 0 Å². The highest BCUT2D eigenvalue weighted by atomic mass is 16.6. The number of carbonyl (C=O) groups excluding carboxylic acids is 1. The topological polar surface area (TPSA) is 75.6 Å². The maximum atomic E-state index is 11.8. The lowest BCUT2D eigenvalue weighted by Crippen LogP contribution is -2.43. The second-order valence-corrected chi connectivity index (χ2v) is 6.76. The highest BCUT2D eigenvalue weighted by Crippen LogP contribution is 2.17. The third kappa shape index (κ3) is 5.26. The summed E-state index contributed by atoms with van der Waals surface area (Å²) < 4.78 is 5.11. The summed E-state index contributed by atoms with van der Waals surface area (Å²) in [6.07, 6.45) is 0.137. The van der Waals surface area contributed by atoms with E-state index in [9.17, 15) is 14.7 Å². The van der Waals surface area contributed by atoms with Crippen molar-refractivity contribution in [2.75, 3.05) is 0 Å². The van der Waals surface area contributed by atoms with Crippen molar-refractivity contribution in [2.45, 2.75) is 45.3 Å². The Kier molecular flexibility index (Phi) is 5.44. The minimum atomic E-state index is -1.07. The van der Waals surface area contributed by atoms with Crippen LogP contribution in [0.3, 0.4) is 0 Å². The second kappa shape index (κ2) is 7.34. The zero-order valence-corrected chi connectivity index (χ0v) is 14.2. The Morgan fingerprint density at radius 1 is 1.12 bits per heavy atom. The molecule has 2 rings (SSSR count). The van der Waals surface area contributed by atoms with Gasteiger partial charge < -0.3 is 15.2 Å². The Balaban J connectivity index is 1.99. The summed E-state index contributed by atoms with van der Waals surface area (Å²) in [6, 6.07) is 13.1. The molecule has 0 aliphatic heterocycles. The molecular formula is C19H23NO4. The van der Waals surface area contributed by atoms with Crippen molar-refractivity contribution in [3.63, 3.8) is 0 Å². The van der Waals surface area contributed by atoms with Crippen LogP contribution in [0, 0.1) is 0 Å². The lowest BCUT2D eigenvalue weighted by molar-refractivity contribution is -0.139. The minimum Gasteiger partial charge on any atom is -0.480 e. The number of aryl methyl sites for hydroxylation is 1. The molecule has 0 fully saturated rings. The molecular weight excluding hydrogens is 306 g/mol. The first-order valence-electron chi connectivity index (χ1n) is 7.94. The van der Waals surface area contributed by atoms with E-state index < -0.39 is 23.7 Å². The van der Waals surface area contributed by atoms with Gasteiger partial charge >= 0.3 is 12.1 Å². The fourth-order valence-electron chi connectivity index (χ4n) is 2.41. The minimum absolute atomic E-state index is 0.299. The Labute approximate surface area is 141 Å². The number of aliphatic carboxylic acids is 1. The Bertz CT molecular complexity index is 733. The zero-order chi connectivity index (χ0) is 17.7. The van der Waals surface area contributed by atoms with Crippen LogP contribution in [0.5, 0.6) is 0 Å². The zero-order valence-electron chi connectivity index (χ0n) is 14.2. The summed E-state index contributed by atoms with van der Waals surface area (Å²) in [5, 5.41) is 14.0. The van der Waals surface area contributed by atoms with Gasteiger partial charge in [-0.3, -0.25) is 0 Å². The molecule has 0 aliphatic rings. The molecule has 0 saturated heterocycles. The number of nitrogens with one attached hydrogen (secondary N) is 1. The monoisotopic (exact) mass is 329 g/mol. The summed E-state index contributed by atoms with van der Waals surface area (Å²) in [5.41, 5.74) is 0.372. The van der Waals surface area contributed by atoms with Gasteiger partial charge in [-0.1, -0.05) is 42.5 Å². The first-order chi connectivity index (χ1) is 11.2. The van der Waals surface area contributed by atoms with Gasteiger partial charge in [-0.2, -0.15) is 0 Å². The highest BCUT2D eigenvalue weighted by molar-refractivity contribution is 5.83. The molecule has 0 bridgehead atoms. The van der Waals surface area contributed by atoms with Gasteiger partial charge in [0.1, 0.15) is 11.6 Å². The molecule has 2 aromatic rings. The van der Waals surface area contributed by atoms with Gasteiger partial charge in [-0.15, -0.1) is 0 Å². The average molecular weight is 329 g/mol. The molecule has 0 heterocycles. The molecule has 128 valence electrons. The first kappa shape index (κ1) is 17.8. The Morgan fingerprint density at radius 3 is 2.42 bits per heavy atom. The number of amides is 1. The van der Waals surface area contributed by atoms with Crippen molar-refractivity contribution in [1.82, 2.24) is 5.32 Å². The molecule has 5 heteroatoms. The molecule has 0 unspecified atom stereocenters. The standard InChI is InChI=1S/C19H23NO4/c1-19(2,3)24-18(23)20-16(17(21)22)11-9-13-8-10-14-6-4-5-7-15(14)12-13/h4-8,10,12,16H,9,11H2,1-3H3,(H,20,23)(H,21,22)/t16-/m1/s1. The predicted molar refractivity (Wildman–Crippen MR) is 93.1 cm³/mol. The first-order valence-corrected chi connectivity index (χ1v) is 7.94. The van der Waals surface area contributed by atoms with Crippen molar-refractivity contribution in [3.05, 3.63) is 48.0 Å². The van der Waals surface area contributed by atoms with Crippen LogP contribution in [0.25, 0.3) is 10.8 Å². The van der Waals surface area contributed by atoms with Gasteiger partial charge in [-0.25, -0.2) is 9.59 Å². The molecule has 0 aromatic heterocycles. The molecule has 2 N–H and O–H groups in total. The number of rotatable bonds is 5. The molecule has 0 aliphatic carbocycles. The highest BCUT2D eigenvalue weighted by Gasteiger charge is 2.23. The predicted octanol–water partition coefficient (Wildman–Crippen LogP) is 3.75. The van der Waals surface area contributed by atoms with E-state index in [1.165, 1.54) is 0 Å². The largest absolute Gasteiger partial charge is 0.480 e. The quantitative estimate of drug-likeness (QED) is 0.876. The van der Waals surface area contributed by atoms with Crippen LogP contribution in [0.2, 0.25) is 0 Å². The molecule has 0 saturated carbocycles. The van der Waals surface area contributed by atoms with Crippen molar-refractivity contribution >= 4 is 22.8 Å². The molecule has 0 spiro atoms. The average Bonchev–Trinajstić information content (AvgIpc) is 2.49. The van der Waals surface area contributed by atoms with E-state index >= 15 is 0 Å². The van der Waals surface area contributed by atoms with Crippen molar-refractivity contribution in [2.24, 2.45) is 0 Å². The number of benzene rings is 2. The fraction of sp³-hybridized carbons (Fsp3) is 0.368. The van der Waals surface area contributed by atoms with Crippen LogP contribution >= 0.6 is 0 Å². The summed E-state index contributed by atoms with van der Waals surface area (Å²) in [6.45, 7) is 5.20. The van der Waals surface area contributed by atoms with Crippen LogP contribution in [0.15, 0.2) is 42.5 Å². The molecule has 24 heavy (non-hydrogen) atoms. The summed E-state index contributed by atoms with van der Waals surface area (Å²) in [4.78, 5) is 23.1. The van der Waals surface area contributed by atoms with Crippen LogP contribution < -0.4 is 5.32 Å². The van der Waals surface area contributed by atoms with Crippen LogP contribution in [-0.4, -0.2) is 28.8 Å². The number of carboxylic acids is 1. The molecule has 1 atom stereocenters. The smallest absolute Gasteiger partial charge is 0.408 e. The maximum absolute atomic E-state index is 11.8. The molecule has 2 aromatic carbocycles. The third-order valence-corrected chi connectivity index (χ3v) is 3.52. The number of ether oxygens (including phenoxy) is 1. The van der Waals surface area contributed by atoms with Gasteiger partial charge in [-0.05, 0) is 49.9 Å². The summed E-state index contributed by atoms with van der Waals surface area (Å²) >= 11 is 0. The number of alkyl carbamates (subject to hydrolysis) is 1. The summed E-state index contributed by atoms with van der Waals surface area (Å²) in [5.74, 6) is -1.07. The fourth-order valence-corrected chi connectivity index (χ4v) is 2.41. The normalized spacial score (nSPS) is 12.6. The van der Waals surface area contributed by atoms with E-state index in [2.05, 4.69) is 5.32 Å². The van der Waals surface area contributed by atoms with E-state index in [4.69, 9.17) is 4.74 Å². The molecule has 5 nitrogen and oxygen atoms in total. The van der Waals surface area contributed by atoms with Crippen LogP contribution in [0.4, 0.5) is 4.79 Å². The van der Waals surface area contributed by atoms with Crippen LogP contribution in [0.1, 0.15) is 32.8 Å². The lowest BCUT2D eigenvalue weighted by atomic mass is 10.0. The maximum Gasteiger partial charge on any atom is 0.408 e. The number of carboxylic acid groups (broad SMARTS) is 1. The van der Waals surface area contributed by atoms with E-state index in [1.807, 2.05) is 42.5 Å². The van der Waals surface area contributed by atoms with Crippen molar-refractivity contribution in [3.8, 4) is 0 Å². The number of hydrogen-bond donors (Lipinski definition) is 2. The number of hydrogen-bond acceptors (Lipinski definition) is 3. The van der Waals surface area contributed by atoms with Crippen molar-refractivity contribution in [1.29, 1.82) is 0 Å². The van der Waals surface area contributed by atoms with Crippen molar-refractivity contribution < 1.29 is 19.4 Å². The Hall–Kier alpha value is -2.56. The van der Waals surface area contributed by atoms with E-state index in [0.717, 1.165) is 16.3 Å². The Morgan fingerprint density at radius 2 is 1.79 bits per heavy atom. The lowest BCUT2D eigenvalue weighted by Gasteiger charge is -2.22. The van der Waals surface area contributed by atoms with Gasteiger partial charge in [0.25, 0.3) is 0 Å². The van der Waals surface area contributed by atoms with E-state index in [-0.39, 0.29) is 0 Å². The third-order valence-electron chi connectivity index (χ3n) is 3.52.